The number of fused-ring (bicyclic) bond motifs is 1. The van der Waals surface area contributed by atoms with Crippen molar-refractivity contribution in [1.29, 1.82) is 0 Å². The molecule has 0 spiro atoms. The van der Waals surface area contributed by atoms with Crippen LogP contribution in [-0.2, 0) is 0 Å². The maximum Gasteiger partial charge on any atom is 0.346 e. The van der Waals surface area contributed by atoms with E-state index in [9.17, 15) is 4.79 Å². The number of aryl methyl sites for hydroxylation is 2. The smallest absolute Gasteiger partial charge is 0.346 e. The van der Waals surface area contributed by atoms with Gasteiger partial charge < -0.3 is 4.42 Å². The molecule has 1 heterocycles. The Hall–Kier alpha value is -1.35. The van der Waals surface area contributed by atoms with Gasteiger partial charge in [-0.2, -0.15) is 0 Å². The first kappa shape index (κ1) is 9.21. The van der Waals surface area contributed by atoms with Crippen LogP contribution in [0.3, 0.4) is 0 Å². The van der Waals surface area contributed by atoms with E-state index in [0.29, 0.717) is 21.8 Å². The number of aromatic nitrogens is 1. The zero-order valence-corrected chi connectivity index (χ0v) is 8.55. The maximum absolute atomic E-state index is 11.4. The zero-order valence-electron chi connectivity index (χ0n) is 7.80. The number of hydrogen-bond acceptors (Lipinski definition) is 3. The molecule has 0 N–H and O–H groups in total. The predicted octanol–water partition coefficient (Wildman–Crippen LogP) is 2.46. The number of nitrogens with zero attached hydrogens (tertiary/aromatic N) is 1. The predicted molar refractivity (Wildman–Crippen MR) is 54.8 cm³/mol. The van der Waals surface area contributed by atoms with Crippen LogP contribution >= 0.6 is 11.6 Å². The van der Waals surface area contributed by atoms with Crippen molar-refractivity contribution >= 4 is 22.5 Å². The van der Waals surface area contributed by atoms with E-state index in [0.717, 1.165) is 5.56 Å². The van der Waals surface area contributed by atoms with Gasteiger partial charge in [0.1, 0.15) is 0 Å². The first-order chi connectivity index (χ1) is 6.58. The van der Waals surface area contributed by atoms with Gasteiger partial charge in [0.2, 0.25) is 0 Å². The van der Waals surface area contributed by atoms with Crippen LogP contribution in [0.4, 0.5) is 0 Å². The Bertz CT molecular complexity index is 560. The molecule has 0 amide bonds. The molecule has 4 heteroatoms. The second-order valence-electron chi connectivity index (χ2n) is 3.16. The van der Waals surface area contributed by atoms with Gasteiger partial charge in [0.05, 0.1) is 15.9 Å². The number of rotatable bonds is 0. The van der Waals surface area contributed by atoms with Crippen molar-refractivity contribution in [3.05, 3.63) is 39.0 Å². The van der Waals surface area contributed by atoms with E-state index in [2.05, 4.69) is 4.98 Å². The summed E-state index contributed by atoms with van der Waals surface area (Å²) in [5, 5.41) is 0.914. The fourth-order valence-electron chi connectivity index (χ4n) is 1.37. The van der Waals surface area contributed by atoms with Crippen molar-refractivity contribution in [1.82, 2.24) is 4.98 Å². The molecule has 0 unspecified atom stereocenters. The Morgan fingerprint density at radius 1 is 1.36 bits per heavy atom. The molecular formula is C10H8ClNO2. The van der Waals surface area contributed by atoms with Gasteiger partial charge in [-0.15, -0.1) is 0 Å². The van der Waals surface area contributed by atoms with Gasteiger partial charge >= 0.3 is 5.63 Å². The molecule has 0 saturated heterocycles. The summed E-state index contributed by atoms with van der Waals surface area (Å²) in [6.45, 7) is 3.49. The minimum Gasteiger partial charge on any atom is -0.408 e. The molecule has 0 saturated carbocycles. The molecule has 0 radical (unpaired) electrons. The van der Waals surface area contributed by atoms with Crippen molar-refractivity contribution in [3.63, 3.8) is 0 Å². The van der Waals surface area contributed by atoms with Crippen LogP contribution in [0, 0.1) is 13.8 Å². The fraction of sp³-hybridized carbons (Fsp3) is 0.200. The summed E-state index contributed by atoms with van der Waals surface area (Å²) in [7, 11) is 0. The van der Waals surface area contributed by atoms with Crippen LogP contribution in [0.1, 0.15) is 11.5 Å². The molecule has 0 fully saturated rings. The van der Waals surface area contributed by atoms with E-state index in [1.807, 2.05) is 6.92 Å². The lowest BCUT2D eigenvalue weighted by Crippen LogP contribution is -2.03. The average molecular weight is 210 g/mol. The molecule has 0 aliphatic carbocycles. The Kier molecular flexibility index (Phi) is 2.04. The number of halogens is 1. The summed E-state index contributed by atoms with van der Waals surface area (Å²) >= 11 is 5.96. The van der Waals surface area contributed by atoms with Gasteiger partial charge in [-0.1, -0.05) is 11.6 Å². The molecule has 2 rings (SSSR count). The minimum atomic E-state index is -0.391. The highest BCUT2D eigenvalue weighted by Crippen LogP contribution is 2.21. The highest BCUT2D eigenvalue weighted by atomic mass is 35.5. The van der Waals surface area contributed by atoms with Crippen LogP contribution in [0.15, 0.2) is 21.3 Å². The fourth-order valence-corrected chi connectivity index (χ4v) is 1.69. The lowest BCUT2D eigenvalue weighted by atomic mass is 10.2. The summed E-state index contributed by atoms with van der Waals surface area (Å²) < 4.78 is 4.88. The summed E-state index contributed by atoms with van der Waals surface area (Å²) in [5.74, 6) is 0.327. The number of benzene rings is 1. The topological polar surface area (TPSA) is 43.1 Å². The van der Waals surface area contributed by atoms with Gasteiger partial charge in [0, 0.05) is 6.92 Å². The number of hydrogen-bond donors (Lipinski definition) is 0. The monoisotopic (exact) mass is 209 g/mol. The largest absolute Gasteiger partial charge is 0.408 e. The summed E-state index contributed by atoms with van der Waals surface area (Å²) in [6, 6.07) is 3.50. The molecule has 1 aromatic heterocycles. The third-order valence-electron chi connectivity index (χ3n) is 1.94. The van der Waals surface area contributed by atoms with E-state index in [1.54, 1.807) is 19.1 Å². The Labute approximate surface area is 85.3 Å². The second kappa shape index (κ2) is 3.10. The van der Waals surface area contributed by atoms with Crippen LogP contribution < -0.4 is 5.63 Å². The van der Waals surface area contributed by atoms with Gasteiger partial charge in [-0.25, -0.2) is 9.78 Å². The van der Waals surface area contributed by atoms with Crippen molar-refractivity contribution < 1.29 is 4.42 Å². The quantitative estimate of drug-likeness (QED) is 0.670. The average Bonchev–Trinajstić information content (AvgIpc) is 2.07. The maximum atomic E-state index is 11.4. The highest BCUT2D eigenvalue weighted by Gasteiger charge is 2.07. The van der Waals surface area contributed by atoms with E-state index >= 15 is 0 Å². The first-order valence-electron chi connectivity index (χ1n) is 4.15. The van der Waals surface area contributed by atoms with Gasteiger partial charge in [0.25, 0.3) is 0 Å². The SMILES string of the molecule is Cc1cc(Cl)c2nc(C)oc(=O)c2c1. The van der Waals surface area contributed by atoms with E-state index < -0.39 is 5.63 Å². The molecular weight excluding hydrogens is 202 g/mol. The summed E-state index contributed by atoms with van der Waals surface area (Å²) in [6.07, 6.45) is 0. The first-order valence-corrected chi connectivity index (χ1v) is 4.53. The van der Waals surface area contributed by atoms with E-state index in [4.69, 9.17) is 16.0 Å². The molecule has 0 atom stereocenters. The van der Waals surface area contributed by atoms with Crippen LogP contribution in [-0.4, -0.2) is 4.98 Å². The molecule has 0 aliphatic heterocycles. The zero-order chi connectivity index (χ0) is 10.3. The third kappa shape index (κ3) is 1.40. The summed E-state index contributed by atoms with van der Waals surface area (Å²) in [5.41, 5.74) is 1.03. The van der Waals surface area contributed by atoms with E-state index in [-0.39, 0.29) is 0 Å². The molecule has 0 aliphatic rings. The standard InChI is InChI=1S/C10H8ClNO2/c1-5-3-7-9(8(11)4-5)12-6(2)14-10(7)13/h3-4H,1-2H3. The second-order valence-corrected chi connectivity index (χ2v) is 3.57. The van der Waals surface area contributed by atoms with Crippen LogP contribution in [0.5, 0.6) is 0 Å². The van der Waals surface area contributed by atoms with Crippen LogP contribution in [0.2, 0.25) is 5.02 Å². The Morgan fingerprint density at radius 2 is 2.07 bits per heavy atom. The van der Waals surface area contributed by atoms with Crippen molar-refractivity contribution in [2.45, 2.75) is 13.8 Å². The van der Waals surface area contributed by atoms with Gasteiger partial charge in [-0.05, 0) is 24.6 Å². The van der Waals surface area contributed by atoms with Crippen molar-refractivity contribution in [3.8, 4) is 0 Å². The molecule has 72 valence electrons. The molecule has 14 heavy (non-hydrogen) atoms. The van der Waals surface area contributed by atoms with Gasteiger partial charge in [0.15, 0.2) is 5.89 Å². The Balaban J connectivity index is 3.02. The van der Waals surface area contributed by atoms with Gasteiger partial charge in [-0.3, -0.25) is 0 Å². The van der Waals surface area contributed by atoms with E-state index in [1.165, 1.54) is 0 Å². The highest BCUT2D eigenvalue weighted by molar-refractivity contribution is 6.35. The molecule has 0 bridgehead atoms. The van der Waals surface area contributed by atoms with Crippen LogP contribution in [0.25, 0.3) is 10.9 Å². The lowest BCUT2D eigenvalue weighted by molar-refractivity contribution is 0.467. The normalized spacial score (nSPS) is 10.8. The van der Waals surface area contributed by atoms with Crippen molar-refractivity contribution in [2.75, 3.05) is 0 Å². The molecule has 2 aromatic rings. The minimum absolute atomic E-state index is 0.327. The summed E-state index contributed by atoms with van der Waals surface area (Å²) in [4.78, 5) is 15.5. The lowest BCUT2D eigenvalue weighted by Gasteiger charge is -2.00. The molecule has 3 nitrogen and oxygen atoms in total. The third-order valence-corrected chi connectivity index (χ3v) is 2.23. The molecule has 1 aromatic carbocycles. The van der Waals surface area contributed by atoms with Crippen molar-refractivity contribution in [2.24, 2.45) is 0 Å². The Morgan fingerprint density at radius 3 is 2.79 bits per heavy atom.